The van der Waals surface area contributed by atoms with Crippen molar-refractivity contribution in [1.82, 2.24) is 19.5 Å². The number of amides is 2. The minimum atomic E-state index is -2.80. The highest BCUT2D eigenvalue weighted by Crippen LogP contribution is 2.49. The highest BCUT2D eigenvalue weighted by molar-refractivity contribution is 5.92. The summed E-state index contributed by atoms with van der Waals surface area (Å²) in [5.74, 6) is -3.03. The molecule has 3 saturated carbocycles. The maximum absolute atomic E-state index is 13.1. The zero-order valence-corrected chi connectivity index (χ0v) is 18.3. The van der Waals surface area contributed by atoms with Crippen LogP contribution < -0.4 is 5.32 Å². The van der Waals surface area contributed by atoms with E-state index < -0.39 is 17.7 Å². The lowest BCUT2D eigenvalue weighted by Gasteiger charge is -2.30. The average molecular weight is 446 g/mol. The minimum Gasteiger partial charge on any atom is -0.345 e. The summed E-state index contributed by atoms with van der Waals surface area (Å²) in [4.78, 5) is 30.0. The number of nitrogens with zero attached hydrogens (tertiary/aromatic N) is 4. The standard InChI is InChI=1S/C23H29F2N5O2/c1-29(21(32)17-13-23(17,24)25)12-11-14-5-7-15(8-6-14)18-3-2-4-19-26-22(28-30(18)19)27-20(31)16-9-10-16/h2-4,14-17H,5-13H2,1H3,(H,27,28,31)/t14?,15?,17-/m0/s1. The third-order valence-corrected chi connectivity index (χ3v) is 7.21. The average Bonchev–Trinajstić information content (AvgIpc) is 3.68. The number of fused-ring (bicyclic) bond motifs is 1. The van der Waals surface area contributed by atoms with Gasteiger partial charge >= 0.3 is 0 Å². The summed E-state index contributed by atoms with van der Waals surface area (Å²) < 4.78 is 28.1. The molecule has 0 radical (unpaired) electrons. The van der Waals surface area contributed by atoms with Crippen molar-refractivity contribution in [2.75, 3.05) is 18.9 Å². The summed E-state index contributed by atoms with van der Waals surface area (Å²) in [5.41, 5.74) is 1.83. The summed E-state index contributed by atoms with van der Waals surface area (Å²) >= 11 is 0. The number of rotatable bonds is 7. The lowest BCUT2D eigenvalue weighted by atomic mass is 9.79. The minimum absolute atomic E-state index is 0.00295. The van der Waals surface area contributed by atoms with E-state index >= 15 is 0 Å². The van der Waals surface area contributed by atoms with Gasteiger partial charge in [0, 0.05) is 37.5 Å². The van der Waals surface area contributed by atoms with Crippen LogP contribution in [0.4, 0.5) is 14.7 Å². The number of alkyl halides is 2. The Hall–Kier alpha value is -2.58. The molecule has 3 aliphatic rings. The monoisotopic (exact) mass is 445 g/mol. The van der Waals surface area contributed by atoms with Gasteiger partial charge in [-0.05, 0) is 63.0 Å². The van der Waals surface area contributed by atoms with Gasteiger partial charge in [0.15, 0.2) is 5.65 Å². The normalized spacial score (nSPS) is 26.7. The molecule has 2 aromatic rings. The number of hydrogen-bond acceptors (Lipinski definition) is 4. The van der Waals surface area contributed by atoms with Crippen molar-refractivity contribution in [3.63, 3.8) is 0 Å². The molecule has 0 bridgehead atoms. The van der Waals surface area contributed by atoms with E-state index in [1.807, 2.05) is 16.6 Å². The maximum atomic E-state index is 13.1. The lowest BCUT2D eigenvalue weighted by molar-refractivity contribution is -0.133. The van der Waals surface area contributed by atoms with Crippen LogP contribution in [0.5, 0.6) is 0 Å². The van der Waals surface area contributed by atoms with Crippen LogP contribution >= 0.6 is 0 Å². The van der Waals surface area contributed by atoms with Crippen LogP contribution in [0.2, 0.25) is 0 Å². The molecule has 7 nitrogen and oxygen atoms in total. The summed E-state index contributed by atoms with van der Waals surface area (Å²) in [6.45, 7) is 0.531. The summed E-state index contributed by atoms with van der Waals surface area (Å²) in [6, 6.07) is 5.94. The van der Waals surface area contributed by atoms with E-state index in [1.165, 1.54) is 4.90 Å². The summed E-state index contributed by atoms with van der Waals surface area (Å²) in [7, 11) is 1.63. The predicted molar refractivity (Wildman–Crippen MR) is 114 cm³/mol. The Bertz CT molecular complexity index is 1030. The van der Waals surface area contributed by atoms with E-state index in [0.717, 1.165) is 56.3 Å². The van der Waals surface area contributed by atoms with Crippen molar-refractivity contribution in [1.29, 1.82) is 0 Å². The largest absolute Gasteiger partial charge is 0.345 e. The highest BCUT2D eigenvalue weighted by Gasteiger charge is 2.61. The highest BCUT2D eigenvalue weighted by atomic mass is 19.3. The van der Waals surface area contributed by atoms with Crippen molar-refractivity contribution in [3.05, 3.63) is 23.9 Å². The van der Waals surface area contributed by atoms with Gasteiger partial charge in [0.25, 0.3) is 5.92 Å². The van der Waals surface area contributed by atoms with Gasteiger partial charge in [-0.25, -0.2) is 13.3 Å². The molecule has 1 N–H and O–H groups in total. The Morgan fingerprint density at radius 2 is 1.91 bits per heavy atom. The number of carbonyl (C=O) groups excluding carboxylic acids is 2. The van der Waals surface area contributed by atoms with Gasteiger partial charge in [0.2, 0.25) is 17.8 Å². The fourth-order valence-electron chi connectivity index (χ4n) is 4.83. The second-order valence-corrected chi connectivity index (χ2v) is 9.70. The summed E-state index contributed by atoms with van der Waals surface area (Å²) in [5, 5.41) is 7.36. The molecule has 3 aliphatic carbocycles. The Morgan fingerprint density at radius 1 is 1.19 bits per heavy atom. The van der Waals surface area contributed by atoms with Crippen LogP contribution in [0.1, 0.15) is 63.0 Å². The quantitative estimate of drug-likeness (QED) is 0.702. The van der Waals surface area contributed by atoms with Crippen molar-refractivity contribution < 1.29 is 18.4 Å². The fraction of sp³-hybridized carbons (Fsp3) is 0.652. The molecule has 2 heterocycles. The van der Waals surface area contributed by atoms with Crippen molar-refractivity contribution in [3.8, 4) is 0 Å². The van der Waals surface area contributed by atoms with Crippen molar-refractivity contribution in [2.45, 2.75) is 63.2 Å². The molecule has 0 spiro atoms. The first kappa shape index (κ1) is 21.3. The van der Waals surface area contributed by atoms with Gasteiger partial charge in [-0.2, -0.15) is 4.98 Å². The van der Waals surface area contributed by atoms with E-state index in [-0.39, 0.29) is 18.2 Å². The van der Waals surface area contributed by atoms with E-state index in [9.17, 15) is 18.4 Å². The van der Waals surface area contributed by atoms with Crippen LogP contribution in [0, 0.1) is 17.8 Å². The van der Waals surface area contributed by atoms with Gasteiger partial charge < -0.3 is 4.90 Å². The van der Waals surface area contributed by atoms with Gasteiger partial charge in [-0.15, -0.1) is 5.10 Å². The number of aromatic nitrogens is 3. The molecule has 0 aliphatic heterocycles. The molecular weight excluding hydrogens is 416 g/mol. The van der Waals surface area contributed by atoms with Gasteiger partial charge in [0.1, 0.15) is 5.92 Å². The first-order valence-electron chi connectivity index (χ1n) is 11.6. The van der Waals surface area contributed by atoms with Gasteiger partial charge in [0.05, 0.1) is 0 Å². The van der Waals surface area contributed by atoms with E-state index in [1.54, 1.807) is 7.05 Å². The molecule has 172 valence electrons. The second-order valence-electron chi connectivity index (χ2n) is 9.70. The molecular formula is C23H29F2N5O2. The molecule has 0 aromatic carbocycles. The molecule has 2 amide bonds. The number of hydrogen-bond donors (Lipinski definition) is 1. The third kappa shape index (κ3) is 4.34. The maximum Gasteiger partial charge on any atom is 0.260 e. The van der Waals surface area contributed by atoms with Crippen LogP contribution in [0.3, 0.4) is 0 Å². The van der Waals surface area contributed by atoms with Gasteiger partial charge in [-0.1, -0.05) is 6.07 Å². The van der Waals surface area contributed by atoms with Crippen molar-refractivity contribution >= 4 is 23.4 Å². The van der Waals surface area contributed by atoms with Crippen molar-refractivity contribution in [2.24, 2.45) is 17.8 Å². The zero-order chi connectivity index (χ0) is 22.5. The third-order valence-electron chi connectivity index (χ3n) is 7.21. The molecule has 9 heteroatoms. The summed E-state index contributed by atoms with van der Waals surface area (Å²) in [6.07, 6.45) is 6.48. The first-order chi connectivity index (χ1) is 15.3. The van der Waals surface area contributed by atoms with E-state index in [2.05, 4.69) is 21.5 Å². The second kappa shape index (κ2) is 8.08. The lowest BCUT2D eigenvalue weighted by Crippen LogP contribution is -2.32. The van der Waals surface area contributed by atoms with Gasteiger partial charge in [-0.3, -0.25) is 14.9 Å². The SMILES string of the molecule is CN(CCC1CCC(c2cccc3nc(NC(=O)C4CC4)nn23)CC1)C(=O)[C@@H]1CC1(F)F. The Labute approximate surface area is 185 Å². The topological polar surface area (TPSA) is 79.6 Å². The van der Waals surface area contributed by atoms with E-state index in [0.29, 0.717) is 24.3 Å². The Kier molecular flexibility index (Phi) is 5.37. The van der Waals surface area contributed by atoms with Crippen LogP contribution in [0.15, 0.2) is 18.2 Å². The van der Waals surface area contributed by atoms with Crippen LogP contribution in [0.25, 0.3) is 5.65 Å². The molecule has 0 saturated heterocycles. The Balaban J connectivity index is 1.16. The molecule has 32 heavy (non-hydrogen) atoms. The van der Waals surface area contributed by atoms with Crippen LogP contribution in [-0.4, -0.2) is 50.8 Å². The van der Waals surface area contributed by atoms with E-state index in [4.69, 9.17) is 0 Å². The molecule has 2 aromatic heterocycles. The number of anilines is 1. The fourth-order valence-corrected chi connectivity index (χ4v) is 4.83. The molecule has 5 rings (SSSR count). The first-order valence-corrected chi connectivity index (χ1v) is 11.6. The number of carbonyl (C=O) groups is 2. The Morgan fingerprint density at radius 3 is 2.56 bits per heavy atom. The number of nitrogens with one attached hydrogen (secondary N) is 1. The number of halogens is 2. The molecule has 0 unspecified atom stereocenters. The predicted octanol–water partition coefficient (Wildman–Crippen LogP) is 3.86. The number of pyridine rings is 1. The zero-order valence-electron chi connectivity index (χ0n) is 18.3. The molecule has 3 fully saturated rings. The smallest absolute Gasteiger partial charge is 0.260 e. The molecule has 1 atom stereocenters. The van der Waals surface area contributed by atoms with Crippen LogP contribution in [-0.2, 0) is 9.59 Å².